The molecule has 0 aliphatic carbocycles. The Hall–Kier alpha value is -8.40. The average Bonchev–Trinajstić information content (AvgIpc) is 3.91. The molecule has 0 N–H and O–H groups in total. The van der Waals surface area contributed by atoms with Crippen LogP contribution in [-0.2, 0) is 0 Å². The number of rotatable bonds is 8. The van der Waals surface area contributed by atoms with Gasteiger partial charge in [-0.25, -0.2) is 0 Å². The smallest absolute Gasteiger partial charge is 0.143 e. The minimum absolute atomic E-state index is 0.900. The topological polar surface area (TPSA) is 21.3 Å². The van der Waals surface area contributed by atoms with Crippen molar-refractivity contribution in [3.63, 3.8) is 0 Å². The van der Waals surface area contributed by atoms with Crippen LogP contribution < -0.4 is 4.90 Å². The highest BCUT2D eigenvalue weighted by molar-refractivity contribution is 6.11. The Balaban J connectivity index is 1.01. The quantitative estimate of drug-likeness (QED) is 0.153. The third kappa shape index (κ3) is 6.21. The summed E-state index contributed by atoms with van der Waals surface area (Å²) in [4.78, 5) is 2.39. The van der Waals surface area contributed by atoms with Crippen LogP contribution in [0.4, 0.5) is 17.1 Å². The van der Waals surface area contributed by atoms with Gasteiger partial charge in [-0.15, -0.1) is 0 Å². The fourth-order valence-electron chi connectivity index (χ4n) is 9.58. The predicted octanol–water partition coefficient (Wildman–Crippen LogP) is 16.8. The van der Waals surface area contributed by atoms with Crippen molar-refractivity contribution < 1.29 is 4.42 Å². The summed E-state index contributed by atoms with van der Waals surface area (Å²) < 4.78 is 8.89. The van der Waals surface area contributed by atoms with Crippen LogP contribution in [0.15, 0.2) is 247 Å². The van der Waals surface area contributed by atoms with E-state index >= 15 is 0 Å². The number of hydrogen-bond acceptors (Lipinski definition) is 2. The Bertz CT molecular complexity index is 3580. The van der Waals surface area contributed by atoms with Crippen LogP contribution in [0.25, 0.3) is 93.9 Å². The summed E-state index contributed by atoms with van der Waals surface area (Å²) in [6, 6.07) is 87.1. The SMILES string of the molecule is c1ccc(-c2ccccc2N(c2ccc(-c3cccc4c3oc3ccccc34)cc2)c2cccc(-c3ccccc3-c3ccccc3-n3c4ccccc4c4ccccc43)c2)cc1. The minimum atomic E-state index is 0.900. The van der Waals surface area contributed by atoms with Crippen molar-refractivity contribution in [2.75, 3.05) is 4.90 Å². The van der Waals surface area contributed by atoms with Gasteiger partial charge in [0.25, 0.3) is 0 Å². The molecule has 0 bridgehead atoms. The van der Waals surface area contributed by atoms with E-state index in [2.05, 4.69) is 240 Å². The van der Waals surface area contributed by atoms with Gasteiger partial charge in [-0.1, -0.05) is 188 Å². The summed E-state index contributed by atoms with van der Waals surface area (Å²) >= 11 is 0. The lowest BCUT2D eigenvalue weighted by atomic mass is 9.93. The average molecular weight is 805 g/mol. The zero-order valence-electron chi connectivity index (χ0n) is 34.4. The number of para-hydroxylation sites is 6. The molecule has 0 saturated heterocycles. The van der Waals surface area contributed by atoms with Gasteiger partial charge in [0.05, 0.1) is 22.4 Å². The number of benzene rings is 10. The maximum atomic E-state index is 6.47. The standard InChI is InChI=1S/C60H40N2O/c1-2-18-41(19-3-1)47-23-6-11-31-55(47)61(44-38-36-42(37-39-44)48-29-17-30-54-53-28-10-15-35-59(53)63-60(48)54)45-21-16-20-43(40-45)46-22-4-5-24-49(46)50-25-7-12-32-56(50)62-57-33-13-8-26-51(57)52-27-9-14-34-58(52)62/h1-40H. The number of anilines is 3. The molecule has 0 saturated carbocycles. The van der Waals surface area contributed by atoms with E-state index in [-0.39, 0.29) is 0 Å². The molecule has 0 fully saturated rings. The van der Waals surface area contributed by atoms with Gasteiger partial charge in [0.15, 0.2) is 0 Å². The van der Waals surface area contributed by atoms with E-state index in [1.165, 1.54) is 32.9 Å². The first-order chi connectivity index (χ1) is 31.3. The summed E-state index contributed by atoms with van der Waals surface area (Å²) in [6.45, 7) is 0. The van der Waals surface area contributed by atoms with Crippen LogP contribution in [-0.4, -0.2) is 4.57 Å². The summed E-state index contributed by atoms with van der Waals surface area (Å²) in [5.74, 6) is 0. The molecule has 0 amide bonds. The molecule has 0 atom stereocenters. The lowest BCUT2D eigenvalue weighted by Gasteiger charge is -2.28. The number of aromatic nitrogens is 1. The van der Waals surface area contributed by atoms with Crippen molar-refractivity contribution >= 4 is 60.8 Å². The third-order valence-corrected chi connectivity index (χ3v) is 12.4. The second-order valence-electron chi connectivity index (χ2n) is 16.0. The number of nitrogens with zero attached hydrogens (tertiary/aromatic N) is 2. The lowest BCUT2D eigenvalue weighted by Crippen LogP contribution is -2.11. The second kappa shape index (κ2) is 15.3. The third-order valence-electron chi connectivity index (χ3n) is 12.4. The highest BCUT2D eigenvalue weighted by atomic mass is 16.3. The van der Waals surface area contributed by atoms with E-state index in [4.69, 9.17) is 4.42 Å². The van der Waals surface area contributed by atoms with Gasteiger partial charge in [-0.05, 0) is 82.4 Å². The first-order valence-corrected chi connectivity index (χ1v) is 21.5. The highest BCUT2D eigenvalue weighted by Gasteiger charge is 2.21. The van der Waals surface area contributed by atoms with Crippen molar-refractivity contribution in [1.82, 2.24) is 4.57 Å². The molecule has 0 radical (unpaired) electrons. The molecular formula is C60H40N2O. The molecule has 0 unspecified atom stereocenters. The van der Waals surface area contributed by atoms with Crippen LogP contribution in [0.2, 0.25) is 0 Å². The predicted molar refractivity (Wildman–Crippen MR) is 264 cm³/mol. The van der Waals surface area contributed by atoms with Gasteiger partial charge in [-0.2, -0.15) is 0 Å². The van der Waals surface area contributed by atoms with E-state index < -0.39 is 0 Å². The van der Waals surface area contributed by atoms with Gasteiger partial charge >= 0.3 is 0 Å². The lowest BCUT2D eigenvalue weighted by molar-refractivity contribution is 0.670. The molecule has 296 valence electrons. The fraction of sp³-hybridized carbons (Fsp3) is 0. The number of hydrogen-bond donors (Lipinski definition) is 0. The Morgan fingerprint density at radius 2 is 0.857 bits per heavy atom. The van der Waals surface area contributed by atoms with Crippen molar-refractivity contribution in [2.45, 2.75) is 0 Å². The van der Waals surface area contributed by atoms with Crippen LogP contribution in [0.3, 0.4) is 0 Å². The molecule has 0 spiro atoms. The van der Waals surface area contributed by atoms with Crippen molar-refractivity contribution in [2.24, 2.45) is 0 Å². The molecular weight excluding hydrogens is 765 g/mol. The molecule has 2 aromatic heterocycles. The maximum absolute atomic E-state index is 6.47. The van der Waals surface area contributed by atoms with E-state index in [0.29, 0.717) is 0 Å². The van der Waals surface area contributed by atoms with E-state index in [0.717, 1.165) is 78.1 Å². The van der Waals surface area contributed by atoms with Gasteiger partial charge in [0.1, 0.15) is 11.2 Å². The molecule has 12 aromatic rings. The normalized spacial score (nSPS) is 11.5. The largest absolute Gasteiger partial charge is 0.455 e. The minimum Gasteiger partial charge on any atom is -0.455 e. The van der Waals surface area contributed by atoms with Crippen LogP contribution >= 0.6 is 0 Å². The van der Waals surface area contributed by atoms with E-state index in [1.807, 2.05) is 12.1 Å². The number of fused-ring (bicyclic) bond motifs is 6. The van der Waals surface area contributed by atoms with Crippen molar-refractivity contribution in [3.05, 3.63) is 243 Å². The zero-order valence-corrected chi connectivity index (χ0v) is 34.4. The van der Waals surface area contributed by atoms with Gasteiger partial charge < -0.3 is 13.9 Å². The molecule has 3 nitrogen and oxygen atoms in total. The van der Waals surface area contributed by atoms with Crippen LogP contribution in [0.5, 0.6) is 0 Å². The zero-order chi connectivity index (χ0) is 41.7. The first-order valence-electron chi connectivity index (χ1n) is 21.5. The van der Waals surface area contributed by atoms with Gasteiger partial charge in [0.2, 0.25) is 0 Å². The molecule has 12 rings (SSSR count). The Labute approximate surface area is 366 Å². The maximum Gasteiger partial charge on any atom is 0.143 e. The first kappa shape index (κ1) is 36.5. The highest BCUT2D eigenvalue weighted by Crippen LogP contribution is 2.45. The van der Waals surface area contributed by atoms with Crippen LogP contribution in [0.1, 0.15) is 0 Å². The van der Waals surface area contributed by atoms with E-state index in [9.17, 15) is 0 Å². The molecule has 0 aliphatic rings. The second-order valence-corrected chi connectivity index (χ2v) is 16.0. The molecule has 10 aromatic carbocycles. The summed E-state index contributed by atoms with van der Waals surface area (Å²) in [5.41, 5.74) is 17.7. The summed E-state index contributed by atoms with van der Waals surface area (Å²) in [6.07, 6.45) is 0. The Morgan fingerprint density at radius 1 is 0.317 bits per heavy atom. The fourth-order valence-corrected chi connectivity index (χ4v) is 9.58. The number of furan rings is 1. The molecule has 63 heavy (non-hydrogen) atoms. The Kier molecular flexibility index (Phi) is 8.83. The van der Waals surface area contributed by atoms with Crippen molar-refractivity contribution in [3.8, 4) is 50.2 Å². The van der Waals surface area contributed by atoms with Crippen LogP contribution in [0, 0.1) is 0 Å². The molecule has 0 aliphatic heterocycles. The monoisotopic (exact) mass is 804 g/mol. The van der Waals surface area contributed by atoms with Gasteiger partial charge in [-0.3, -0.25) is 0 Å². The molecule has 3 heteroatoms. The molecule has 2 heterocycles. The van der Waals surface area contributed by atoms with Crippen molar-refractivity contribution in [1.29, 1.82) is 0 Å². The van der Waals surface area contributed by atoms with Gasteiger partial charge in [0, 0.05) is 49.6 Å². The van der Waals surface area contributed by atoms with E-state index in [1.54, 1.807) is 0 Å². The Morgan fingerprint density at radius 3 is 1.63 bits per heavy atom. The summed E-state index contributed by atoms with van der Waals surface area (Å²) in [7, 11) is 0. The summed E-state index contributed by atoms with van der Waals surface area (Å²) in [5, 5.41) is 4.76.